The monoisotopic (exact) mass is 260 g/mol. The molecule has 2 fully saturated rings. The van der Waals surface area contributed by atoms with Gasteiger partial charge in [0.1, 0.15) is 5.84 Å². The van der Waals surface area contributed by atoms with Gasteiger partial charge in [-0.3, -0.25) is 10.3 Å². The fourth-order valence-corrected chi connectivity index (χ4v) is 3.94. The number of nitrogens with zero attached hydrogens (tertiary/aromatic N) is 2. The van der Waals surface area contributed by atoms with Crippen LogP contribution < -0.4 is 5.73 Å². The van der Waals surface area contributed by atoms with E-state index >= 15 is 0 Å². The fraction of sp³-hybridized carbons (Fsp3) is 0.900. The summed E-state index contributed by atoms with van der Waals surface area (Å²) in [7, 11) is -3.04. The molecule has 6 nitrogen and oxygen atoms in total. The molecule has 1 unspecified atom stereocenters. The lowest BCUT2D eigenvalue weighted by molar-refractivity contribution is 0.173. The van der Waals surface area contributed by atoms with Crippen LogP contribution in [0.4, 0.5) is 0 Å². The zero-order valence-corrected chi connectivity index (χ0v) is 10.9. The lowest BCUT2D eigenvalue weighted by Gasteiger charge is -2.36. The molecule has 0 aromatic carbocycles. The van der Waals surface area contributed by atoms with Crippen LogP contribution in [0.1, 0.15) is 19.8 Å². The third kappa shape index (κ3) is 2.61. The number of hydrogen-bond acceptors (Lipinski definition) is 4. The quantitative estimate of drug-likeness (QED) is 0.523. The van der Waals surface area contributed by atoms with E-state index in [-0.39, 0.29) is 17.1 Å². The molecule has 1 saturated heterocycles. The lowest BCUT2D eigenvalue weighted by atomic mass is 10.2. The molecule has 7 heteroatoms. The summed E-state index contributed by atoms with van der Waals surface area (Å²) >= 11 is 0. The molecule has 1 aliphatic heterocycles. The van der Waals surface area contributed by atoms with Crippen LogP contribution in [0.3, 0.4) is 0 Å². The highest BCUT2D eigenvalue weighted by molar-refractivity contribution is 7.90. The standard InChI is InChI=1S/C10H20N4O2S/c1-8(10(11)12)13-4-6-14(7-5-13)17(15,16)9-2-3-9/h8-9H,2-7H2,1H3,(H3,11,12). The molecule has 1 heterocycles. The van der Waals surface area contributed by atoms with Crippen molar-refractivity contribution in [2.24, 2.45) is 5.73 Å². The van der Waals surface area contributed by atoms with Crippen LogP contribution in [-0.4, -0.2) is 60.9 Å². The summed E-state index contributed by atoms with van der Waals surface area (Å²) in [6, 6.07) is -0.0965. The molecule has 98 valence electrons. The van der Waals surface area contributed by atoms with E-state index in [0.29, 0.717) is 26.2 Å². The van der Waals surface area contributed by atoms with Crippen molar-refractivity contribution in [1.29, 1.82) is 5.41 Å². The molecule has 1 saturated carbocycles. The summed E-state index contributed by atoms with van der Waals surface area (Å²) in [4.78, 5) is 2.06. The normalized spacial score (nSPS) is 25.7. The van der Waals surface area contributed by atoms with Gasteiger partial charge in [0.25, 0.3) is 0 Å². The van der Waals surface area contributed by atoms with Crippen molar-refractivity contribution in [1.82, 2.24) is 9.21 Å². The van der Waals surface area contributed by atoms with Crippen LogP contribution in [-0.2, 0) is 10.0 Å². The molecule has 2 rings (SSSR count). The molecule has 2 aliphatic rings. The molecule has 17 heavy (non-hydrogen) atoms. The van der Waals surface area contributed by atoms with E-state index in [4.69, 9.17) is 11.1 Å². The van der Waals surface area contributed by atoms with E-state index in [0.717, 1.165) is 12.8 Å². The summed E-state index contributed by atoms with van der Waals surface area (Å²) < 4.78 is 25.6. The Balaban J connectivity index is 1.92. The Kier molecular flexibility index (Phi) is 3.42. The largest absolute Gasteiger partial charge is 0.386 e. The lowest BCUT2D eigenvalue weighted by Crippen LogP contribution is -2.54. The highest BCUT2D eigenvalue weighted by Crippen LogP contribution is 2.31. The second-order valence-corrected chi connectivity index (χ2v) is 7.02. The van der Waals surface area contributed by atoms with Crippen LogP contribution in [0.2, 0.25) is 0 Å². The summed E-state index contributed by atoms with van der Waals surface area (Å²) in [6.07, 6.45) is 1.62. The summed E-state index contributed by atoms with van der Waals surface area (Å²) in [5.74, 6) is 0.142. The van der Waals surface area contributed by atoms with Gasteiger partial charge in [0, 0.05) is 26.2 Å². The molecule has 0 spiro atoms. The molecule has 0 aromatic heterocycles. The maximum Gasteiger partial charge on any atom is 0.217 e. The Bertz CT molecular complexity index is 397. The summed E-state index contributed by atoms with van der Waals surface area (Å²) in [6.45, 7) is 4.25. The van der Waals surface area contributed by atoms with Crippen LogP contribution in [0.5, 0.6) is 0 Å². The minimum Gasteiger partial charge on any atom is -0.386 e. The highest BCUT2D eigenvalue weighted by atomic mass is 32.2. The third-order valence-electron chi connectivity index (χ3n) is 3.58. The number of piperazine rings is 1. The molecule has 0 amide bonds. The van der Waals surface area contributed by atoms with E-state index < -0.39 is 10.0 Å². The van der Waals surface area contributed by atoms with Crippen LogP contribution >= 0.6 is 0 Å². The van der Waals surface area contributed by atoms with Crippen molar-refractivity contribution in [2.45, 2.75) is 31.1 Å². The molecule has 0 aromatic rings. The minimum atomic E-state index is -3.04. The van der Waals surface area contributed by atoms with E-state index in [1.165, 1.54) is 0 Å². The van der Waals surface area contributed by atoms with Gasteiger partial charge in [-0.15, -0.1) is 0 Å². The Hall–Kier alpha value is -0.660. The molecule has 3 N–H and O–H groups in total. The second-order valence-electron chi connectivity index (χ2n) is 4.81. The van der Waals surface area contributed by atoms with Gasteiger partial charge in [-0.25, -0.2) is 8.42 Å². The van der Waals surface area contributed by atoms with Gasteiger partial charge in [0.15, 0.2) is 0 Å². The average Bonchev–Trinajstić information content (AvgIpc) is 3.12. The van der Waals surface area contributed by atoms with Gasteiger partial charge in [0.05, 0.1) is 11.3 Å². The first kappa shape index (κ1) is 12.8. The van der Waals surface area contributed by atoms with Gasteiger partial charge in [0.2, 0.25) is 10.0 Å². The minimum absolute atomic E-state index is 0.0965. The van der Waals surface area contributed by atoms with Gasteiger partial charge in [-0.1, -0.05) is 0 Å². The predicted octanol–water partition coefficient (Wildman–Crippen LogP) is -0.579. The Morgan fingerprint density at radius 1 is 1.29 bits per heavy atom. The van der Waals surface area contributed by atoms with Crippen molar-refractivity contribution < 1.29 is 8.42 Å². The van der Waals surface area contributed by atoms with E-state index in [1.807, 2.05) is 6.92 Å². The number of amidine groups is 1. The first-order valence-electron chi connectivity index (χ1n) is 6.00. The number of sulfonamides is 1. The molecule has 0 bridgehead atoms. The zero-order valence-electron chi connectivity index (χ0n) is 10.1. The van der Waals surface area contributed by atoms with Gasteiger partial charge in [-0.2, -0.15) is 4.31 Å². The average molecular weight is 260 g/mol. The molecule has 1 aliphatic carbocycles. The maximum absolute atomic E-state index is 12.0. The molecule has 1 atom stereocenters. The van der Waals surface area contributed by atoms with Crippen LogP contribution in [0, 0.1) is 5.41 Å². The summed E-state index contributed by atoms with van der Waals surface area (Å²) in [5, 5.41) is 7.27. The molecular weight excluding hydrogens is 240 g/mol. The number of hydrogen-bond donors (Lipinski definition) is 2. The number of nitrogens with two attached hydrogens (primary N) is 1. The SMILES string of the molecule is CC(C(=N)N)N1CCN(S(=O)(=O)C2CC2)CC1. The maximum atomic E-state index is 12.0. The van der Waals surface area contributed by atoms with E-state index in [2.05, 4.69) is 4.90 Å². The zero-order chi connectivity index (χ0) is 12.6. The Morgan fingerprint density at radius 2 is 1.82 bits per heavy atom. The third-order valence-corrected chi connectivity index (χ3v) is 5.98. The van der Waals surface area contributed by atoms with E-state index in [1.54, 1.807) is 4.31 Å². The van der Waals surface area contributed by atoms with Gasteiger partial charge >= 0.3 is 0 Å². The van der Waals surface area contributed by atoms with Crippen molar-refractivity contribution in [2.75, 3.05) is 26.2 Å². The fourth-order valence-electron chi connectivity index (χ4n) is 2.12. The van der Waals surface area contributed by atoms with Gasteiger partial charge < -0.3 is 5.73 Å². The van der Waals surface area contributed by atoms with Crippen molar-refractivity contribution in [3.8, 4) is 0 Å². The Morgan fingerprint density at radius 3 is 2.24 bits per heavy atom. The molecule has 0 radical (unpaired) electrons. The van der Waals surface area contributed by atoms with E-state index in [9.17, 15) is 8.42 Å². The number of nitrogens with one attached hydrogen (secondary N) is 1. The first-order chi connectivity index (χ1) is 7.93. The summed E-state index contributed by atoms with van der Waals surface area (Å²) in [5.41, 5.74) is 5.46. The first-order valence-corrected chi connectivity index (χ1v) is 7.50. The molecular formula is C10H20N4O2S. The topological polar surface area (TPSA) is 90.5 Å². The highest BCUT2D eigenvalue weighted by Gasteiger charge is 2.41. The number of rotatable bonds is 4. The Labute approximate surface area is 102 Å². The van der Waals surface area contributed by atoms with Gasteiger partial charge in [-0.05, 0) is 19.8 Å². The second kappa shape index (κ2) is 4.55. The van der Waals surface area contributed by atoms with Crippen molar-refractivity contribution in [3.63, 3.8) is 0 Å². The smallest absolute Gasteiger partial charge is 0.217 e. The van der Waals surface area contributed by atoms with Crippen molar-refractivity contribution >= 4 is 15.9 Å². The van der Waals surface area contributed by atoms with Crippen LogP contribution in [0.25, 0.3) is 0 Å². The van der Waals surface area contributed by atoms with Crippen LogP contribution in [0.15, 0.2) is 0 Å². The predicted molar refractivity (Wildman–Crippen MR) is 66.5 cm³/mol. The van der Waals surface area contributed by atoms with Crippen molar-refractivity contribution in [3.05, 3.63) is 0 Å².